The molecule has 0 aliphatic heterocycles. The average molecular weight is 358 g/mol. The highest BCUT2D eigenvalue weighted by Crippen LogP contribution is 2.47. The largest absolute Gasteiger partial charge is 0.453 e. The molecule has 0 heterocycles. The second kappa shape index (κ2) is 6.89. The lowest BCUT2D eigenvalue weighted by atomic mass is 9.97. The van der Waals surface area contributed by atoms with Crippen LogP contribution < -0.4 is 0 Å². The number of carbonyl (C=O) groups excluding carboxylic acids is 2. The van der Waals surface area contributed by atoms with Crippen LogP contribution in [0.25, 0.3) is 11.1 Å². The van der Waals surface area contributed by atoms with E-state index in [2.05, 4.69) is 0 Å². The van der Waals surface area contributed by atoms with Gasteiger partial charge in [-0.25, -0.2) is 4.79 Å². The first-order valence-electron chi connectivity index (χ1n) is 8.21. The highest BCUT2D eigenvalue weighted by molar-refractivity contribution is 6.64. The molecule has 0 saturated heterocycles. The summed E-state index contributed by atoms with van der Waals surface area (Å²) in [7, 11) is 1.32. The molecule has 0 bridgehead atoms. The molecule has 3 rings (SSSR count). The SMILES string of the molecule is COC(=O)N(C1c2ccccc2-c2ccccc21)C(C(=O)Cl)C(C)C. The maximum absolute atomic E-state index is 12.7. The van der Waals surface area contributed by atoms with Crippen LogP contribution in [0.1, 0.15) is 31.0 Å². The molecule has 0 aromatic heterocycles. The van der Waals surface area contributed by atoms with E-state index in [1.54, 1.807) is 0 Å². The van der Waals surface area contributed by atoms with Gasteiger partial charge in [-0.05, 0) is 39.8 Å². The van der Waals surface area contributed by atoms with Crippen molar-refractivity contribution >= 4 is 22.9 Å². The van der Waals surface area contributed by atoms with Gasteiger partial charge >= 0.3 is 6.09 Å². The highest BCUT2D eigenvalue weighted by Gasteiger charge is 2.42. The first-order valence-corrected chi connectivity index (χ1v) is 8.59. The molecule has 1 aliphatic rings. The number of halogens is 1. The van der Waals surface area contributed by atoms with Crippen molar-refractivity contribution in [2.24, 2.45) is 5.92 Å². The molecular formula is C20H20ClNO3. The van der Waals surface area contributed by atoms with Crippen molar-refractivity contribution in [2.45, 2.75) is 25.9 Å². The number of carbonyl (C=O) groups is 2. The van der Waals surface area contributed by atoms with Crippen LogP contribution in [-0.2, 0) is 9.53 Å². The van der Waals surface area contributed by atoms with Crippen LogP contribution in [0.15, 0.2) is 48.5 Å². The first kappa shape index (κ1) is 17.5. The Bertz CT molecular complexity index is 773. The minimum atomic E-state index is -0.779. The van der Waals surface area contributed by atoms with E-state index in [1.807, 2.05) is 62.4 Å². The van der Waals surface area contributed by atoms with Gasteiger partial charge in [0.2, 0.25) is 5.24 Å². The summed E-state index contributed by atoms with van der Waals surface area (Å²) >= 11 is 5.88. The topological polar surface area (TPSA) is 46.6 Å². The van der Waals surface area contributed by atoms with Crippen LogP contribution in [0.2, 0.25) is 0 Å². The second-order valence-corrected chi connectivity index (χ2v) is 6.82. The number of ether oxygens (including phenoxy) is 1. The highest BCUT2D eigenvalue weighted by atomic mass is 35.5. The molecule has 1 atom stereocenters. The minimum Gasteiger partial charge on any atom is -0.453 e. The van der Waals surface area contributed by atoms with E-state index in [0.717, 1.165) is 22.3 Å². The van der Waals surface area contributed by atoms with Gasteiger partial charge in [0.25, 0.3) is 0 Å². The van der Waals surface area contributed by atoms with Gasteiger partial charge in [0, 0.05) is 0 Å². The van der Waals surface area contributed by atoms with Gasteiger partial charge in [-0.3, -0.25) is 9.69 Å². The lowest BCUT2D eigenvalue weighted by molar-refractivity contribution is -0.118. The van der Waals surface area contributed by atoms with E-state index in [9.17, 15) is 9.59 Å². The van der Waals surface area contributed by atoms with Gasteiger partial charge in [-0.1, -0.05) is 62.4 Å². The van der Waals surface area contributed by atoms with Gasteiger partial charge in [0.05, 0.1) is 13.2 Å². The van der Waals surface area contributed by atoms with Gasteiger partial charge in [-0.15, -0.1) is 0 Å². The van der Waals surface area contributed by atoms with Gasteiger partial charge < -0.3 is 4.74 Å². The maximum atomic E-state index is 12.7. The molecule has 25 heavy (non-hydrogen) atoms. The minimum absolute atomic E-state index is 0.149. The van der Waals surface area contributed by atoms with Crippen LogP contribution in [0.5, 0.6) is 0 Å². The summed E-state index contributed by atoms with van der Waals surface area (Å²) in [6, 6.07) is 14.6. The average Bonchev–Trinajstić information content (AvgIpc) is 2.92. The number of nitrogens with zero attached hydrogens (tertiary/aromatic N) is 1. The van der Waals surface area contributed by atoms with E-state index < -0.39 is 23.4 Å². The molecule has 5 heteroatoms. The smallest absolute Gasteiger partial charge is 0.410 e. The predicted octanol–water partition coefficient (Wildman–Crippen LogP) is 4.61. The Morgan fingerprint density at radius 3 is 1.88 bits per heavy atom. The number of benzene rings is 2. The molecule has 130 valence electrons. The van der Waals surface area contributed by atoms with E-state index in [4.69, 9.17) is 16.3 Å². The molecule has 0 spiro atoms. The van der Waals surface area contributed by atoms with E-state index in [1.165, 1.54) is 12.0 Å². The van der Waals surface area contributed by atoms with E-state index in [0.29, 0.717) is 0 Å². The quantitative estimate of drug-likeness (QED) is 0.750. The molecule has 1 unspecified atom stereocenters. The molecule has 1 amide bonds. The number of hydrogen-bond donors (Lipinski definition) is 0. The van der Waals surface area contributed by atoms with Crippen molar-refractivity contribution in [3.63, 3.8) is 0 Å². The zero-order valence-electron chi connectivity index (χ0n) is 14.4. The third kappa shape index (κ3) is 2.91. The molecular weight excluding hydrogens is 338 g/mol. The molecule has 4 nitrogen and oxygen atoms in total. The lowest BCUT2D eigenvalue weighted by Crippen LogP contribution is -2.48. The van der Waals surface area contributed by atoms with Gasteiger partial charge in [0.15, 0.2) is 0 Å². The third-order valence-corrected chi connectivity index (χ3v) is 4.85. The Morgan fingerprint density at radius 1 is 1.00 bits per heavy atom. The van der Waals surface area contributed by atoms with E-state index >= 15 is 0 Å². The summed E-state index contributed by atoms with van der Waals surface area (Å²) in [6.07, 6.45) is -0.566. The Morgan fingerprint density at radius 2 is 1.48 bits per heavy atom. The standard InChI is InChI=1S/C20H20ClNO3/c1-12(2)17(19(21)23)22(20(24)25-3)18-15-10-6-4-8-13(15)14-9-5-7-11-16(14)18/h4-12,17-18H,1-3H3. The fraction of sp³-hybridized carbons (Fsp3) is 0.300. The van der Waals surface area contributed by atoms with Crippen LogP contribution >= 0.6 is 11.6 Å². The fourth-order valence-electron chi connectivity index (χ4n) is 3.61. The summed E-state index contributed by atoms with van der Waals surface area (Å²) in [4.78, 5) is 26.3. The monoisotopic (exact) mass is 357 g/mol. The van der Waals surface area contributed by atoms with Crippen molar-refractivity contribution in [1.82, 2.24) is 4.90 Å². The molecule has 0 radical (unpaired) electrons. The zero-order valence-corrected chi connectivity index (χ0v) is 15.2. The Kier molecular flexibility index (Phi) is 4.82. The third-order valence-electron chi connectivity index (χ3n) is 4.63. The van der Waals surface area contributed by atoms with Crippen molar-refractivity contribution in [1.29, 1.82) is 0 Å². The van der Waals surface area contributed by atoms with Gasteiger partial charge in [0.1, 0.15) is 6.04 Å². The summed E-state index contributed by atoms with van der Waals surface area (Å²) < 4.78 is 5.01. The normalized spacial score (nSPS) is 14.0. The number of hydrogen-bond acceptors (Lipinski definition) is 3. The molecule has 0 fully saturated rings. The first-order chi connectivity index (χ1) is 12.0. The summed E-state index contributed by atoms with van der Waals surface area (Å²) in [5.41, 5.74) is 4.05. The van der Waals surface area contributed by atoms with E-state index in [-0.39, 0.29) is 5.92 Å². The van der Waals surface area contributed by atoms with Crippen LogP contribution in [-0.4, -0.2) is 29.4 Å². The van der Waals surface area contributed by atoms with Crippen molar-refractivity contribution in [3.05, 3.63) is 59.7 Å². The summed E-state index contributed by atoms with van der Waals surface area (Å²) in [6.45, 7) is 3.74. The zero-order chi connectivity index (χ0) is 18.1. The molecule has 0 N–H and O–H groups in total. The lowest BCUT2D eigenvalue weighted by Gasteiger charge is -2.36. The number of rotatable bonds is 4. The van der Waals surface area contributed by atoms with Crippen LogP contribution in [0.3, 0.4) is 0 Å². The van der Waals surface area contributed by atoms with Gasteiger partial charge in [-0.2, -0.15) is 0 Å². The Labute approximate surface area is 152 Å². The van der Waals surface area contributed by atoms with Crippen molar-refractivity contribution < 1.29 is 14.3 Å². The molecule has 2 aromatic carbocycles. The second-order valence-electron chi connectivity index (χ2n) is 6.45. The molecule has 2 aromatic rings. The Balaban J connectivity index is 2.22. The Hall–Kier alpha value is -2.33. The van der Waals surface area contributed by atoms with Crippen LogP contribution in [0.4, 0.5) is 4.79 Å². The molecule has 1 aliphatic carbocycles. The van der Waals surface area contributed by atoms with Crippen LogP contribution in [0, 0.1) is 5.92 Å². The summed E-state index contributed by atoms with van der Waals surface area (Å²) in [5.74, 6) is -0.149. The number of methoxy groups -OCH3 is 1. The molecule has 0 saturated carbocycles. The predicted molar refractivity (Wildman–Crippen MR) is 97.5 cm³/mol. The van der Waals surface area contributed by atoms with Crippen molar-refractivity contribution in [3.8, 4) is 11.1 Å². The fourth-order valence-corrected chi connectivity index (χ4v) is 3.96. The van der Waals surface area contributed by atoms with Crippen molar-refractivity contribution in [2.75, 3.05) is 7.11 Å². The number of fused-ring (bicyclic) bond motifs is 3. The maximum Gasteiger partial charge on any atom is 0.410 e. The summed E-state index contributed by atoms with van der Waals surface area (Å²) in [5, 5.41) is -0.567. The number of amides is 1.